The highest BCUT2D eigenvalue weighted by molar-refractivity contribution is 5.79. The Morgan fingerprint density at radius 1 is 1.26 bits per heavy atom. The van der Waals surface area contributed by atoms with Crippen LogP contribution < -0.4 is 4.74 Å². The van der Waals surface area contributed by atoms with E-state index in [1.54, 1.807) is 13.3 Å². The number of nitrogens with zero attached hydrogens (tertiary/aromatic N) is 3. The first-order chi connectivity index (χ1) is 13.0. The zero-order chi connectivity index (χ0) is 19.2. The van der Waals surface area contributed by atoms with Crippen LogP contribution in [0.4, 0.5) is 0 Å². The van der Waals surface area contributed by atoms with E-state index in [0.717, 1.165) is 37.5 Å². The van der Waals surface area contributed by atoms with Gasteiger partial charge in [0.25, 0.3) is 0 Å². The van der Waals surface area contributed by atoms with Crippen molar-refractivity contribution in [3.05, 3.63) is 59.9 Å². The van der Waals surface area contributed by atoms with E-state index in [2.05, 4.69) is 29.8 Å². The second-order valence-corrected chi connectivity index (χ2v) is 7.67. The average molecular weight is 367 g/mol. The minimum atomic E-state index is 0.186. The number of hydrogen-bond acceptors (Lipinski definition) is 4. The van der Waals surface area contributed by atoms with Gasteiger partial charge in [0.1, 0.15) is 5.75 Å². The zero-order valence-electron chi connectivity index (χ0n) is 16.5. The normalized spacial score (nSPS) is 14.5. The van der Waals surface area contributed by atoms with Gasteiger partial charge in [0.15, 0.2) is 0 Å². The fraction of sp³-hybridized carbons (Fsp3) is 0.455. The molecular formula is C22H29N3O2. The Morgan fingerprint density at radius 3 is 2.70 bits per heavy atom. The molecule has 1 aromatic carbocycles. The van der Waals surface area contributed by atoms with Gasteiger partial charge in [-0.3, -0.25) is 14.7 Å². The number of rotatable bonds is 8. The van der Waals surface area contributed by atoms with Gasteiger partial charge in [0.2, 0.25) is 5.91 Å². The average Bonchev–Trinajstić information content (AvgIpc) is 2.61. The summed E-state index contributed by atoms with van der Waals surface area (Å²) >= 11 is 0. The number of ether oxygens (including phenoxy) is 1. The molecule has 5 heteroatoms. The molecule has 0 spiro atoms. The monoisotopic (exact) mass is 367 g/mol. The van der Waals surface area contributed by atoms with Crippen LogP contribution in [0.3, 0.4) is 0 Å². The Bertz CT molecular complexity index is 742. The van der Waals surface area contributed by atoms with E-state index >= 15 is 0 Å². The predicted molar refractivity (Wildman–Crippen MR) is 107 cm³/mol. The topological polar surface area (TPSA) is 45.7 Å². The maximum Gasteiger partial charge on any atom is 0.227 e. The van der Waals surface area contributed by atoms with Crippen molar-refractivity contribution in [1.82, 2.24) is 14.8 Å². The summed E-state index contributed by atoms with van der Waals surface area (Å²) in [6.45, 7) is 7.99. The predicted octanol–water partition coefficient (Wildman–Crippen LogP) is 3.00. The third kappa shape index (κ3) is 5.30. The number of aromatic nitrogens is 1. The Hall–Kier alpha value is -2.40. The van der Waals surface area contributed by atoms with Crippen molar-refractivity contribution in [1.29, 1.82) is 0 Å². The van der Waals surface area contributed by atoms with Crippen LogP contribution in [0.2, 0.25) is 0 Å². The molecule has 0 N–H and O–H groups in total. The van der Waals surface area contributed by atoms with Crippen LogP contribution in [0.15, 0.2) is 48.8 Å². The van der Waals surface area contributed by atoms with Gasteiger partial charge in [-0.15, -0.1) is 0 Å². The van der Waals surface area contributed by atoms with Crippen LogP contribution >= 0.6 is 0 Å². The lowest BCUT2D eigenvalue weighted by molar-refractivity contribution is -0.138. The van der Waals surface area contributed by atoms with Gasteiger partial charge in [-0.1, -0.05) is 32.0 Å². The maximum absolute atomic E-state index is 12.6. The summed E-state index contributed by atoms with van der Waals surface area (Å²) in [7, 11) is 1.65. The third-order valence-electron chi connectivity index (χ3n) is 4.93. The molecule has 0 saturated carbocycles. The molecule has 0 bridgehead atoms. The summed E-state index contributed by atoms with van der Waals surface area (Å²) < 4.78 is 5.24. The van der Waals surface area contributed by atoms with Gasteiger partial charge in [-0.05, 0) is 35.2 Å². The second kappa shape index (κ2) is 9.00. The van der Waals surface area contributed by atoms with Gasteiger partial charge in [0, 0.05) is 44.6 Å². The molecule has 1 fully saturated rings. The lowest BCUT2D eigenvalue weighted by atomic mass is 10.0. The highest BCUT2D eigenvalue weighted by Crippen LogP contribution is 2.21. The van der Waals surface area contributed by atoms with Crippen LogP contribution in [0, 0.1) is 5.92 Å². The fourth-order valence-electron chi connectivity index (χ4n) is 3.50. The van der Waals surface area contributed by atoms with Crippen LogP contribution in [-0.2, 0) is 17.8 Å². The molecule has 144 valence electrons. The van der Waals surface area contributed by atoms with Crippen molar-refractivity contribution >= 4 is 5.91 Å². The zero-order valence-corrected chi connectivity index (χ0v) is 16.5. The number of methoxy groups -OCH3 is 1. The molecule has 2 aromatic rings. The first-order valence-corrected chi connectivity index (χ1v) is 9.59. The molecule has 3 rings (SSSR count). The quantitative estimate of drug-likeness (QED) is 0.720. The van der Waals surface area contributed by atoms with E-state index in [0.29, 0.717) is 18.4 Å². The summed E-state index contributed by atoms with van der Waals surface area (Å²) in [6, 6.07) is 12.3. The van der Waals surface area contributed by atoms with E-state index in [9.17, 15) is 4.79 Å². The van der Waals surface area contributed by atoms with E-state index < -0.39 is 0 Å². The molecule has 0 atom stereocenters. The van der Waals surface area contributed by atoms with E-state index in [1.807, 2.05) is 41.4 Å². The first kappa shape index (κ1) is 19.4. The Kier molecular flexibility index (Phi) is 6.45. The molecule has 0 aliphatic carbocycles. The summed E-state index contributed by atoms with van der Waals surface area (Å²) in [5, 5.41) is 0. The van der Waals surface area contributed by atoms with Gasteiger partial charge in [-0.2, -0.15) is 0 Å². The molecule has 1 aliphatic heterocycles. The largest absolute Gasteiger partial charge is 0.497 e. The van der Waals surface area contributed by atoms with Crippen LogP contribution in [0.1, 0.15) is 25.0 Å². The van der Waals surface area contributed by atoms with Gasteiger partial charge in [-0.25, -0.2) is 0 Å². The number of likely N-dealkylation sites (tertiary alicyclic amines) is 1. The summed E-state index contributed by atoms with van der Waals surface area (Å²) in [5.74, 6) is 1.56. The highest BCUT2D eigenvalue weighted by atomic mass is 16.5. The Balaban J connectivity index is 1.55. The van der Waals surface area contributed by atoms with Gasteiger partial charge >= 0.3 is 0 Å². The Morgan fingerprint density at radius 2 is 2.04 bits per heavy atom. The van der Waals surface area contributed by atoms with E-state index in [-0.39, 0.29) is 5.91 Å². The van der Waals surface area contributed by atoms with Crippen LogP contribution in [0.5, 0.6) is 5.75 Å². The van der Waals surface area contributed by atoms with Crippen molar-refractivity contribution in [3.63, 3.8) is 0 Å². The van der Waals surface area contributed by atoms with E-state index in [4.69, 9.17) is 4.74 Å². The minimum absolute atomic E-state index is 0.186. The maximum atomic E-state index is 12.6. The molecule has 27 heavy (non-hydrogen) atoms. The van der Waals surface area contributed by atoms with Crippen molar-refractivity contribution < 1.29 is 9.53 Å². The SMILES string of the molecule is COc1cccc(CC(=O)N2CC(N(Cc3cccnc3)CC(C)C)C2)c1. The molecule has 1 aliphatic rings. The first-order valence-electron chi connectivity index (χ1n) is 9.59. The smallest absolute Gasteiger partial charge is 0.227 e. The van der Waals surface area contributed by atoms with Crippen LogP contribution in [-0.4, -0.2) is 53.5 Å². The summed E-state index contributed by atoms with van der Waals surface area (Å²) in [6.07, 6.45) is 4.16. The standard InChI is InChI=1S/C22H29N3O2/c1-17(2)13-24(14-19-7-5-9-23-12-19)20-15-25(16-20)22(26)11-18-6-4-8-21(10-18)27-3/h4-10,12,17,20H,11,13-16H2,1-3H3. The lowest BCUT2D eigenvalue weighted by Gasteiger charge is -2.46. The molecule has 1 saturated heterocycles. The van der Waals surface area contributed by atoms with E-state index in [1.165, 1.54) is 5.56 Å². The van der Waals surface area contributed by atoms with Crippen LogP contribution in [0.25, 0.3) is 0 Å². The molecule has 0 radical (unpaired) electrons. The lowest BCUT2D eigenvalue weighted by Crippen LogP contribution is -2.61. The number of carbonyl (C=O) groups excluding carboxylic acids is 1. The number of carbonyl (C=O) groups is 1. The number of benzene rings is 1. The minimum Gasteiger partial charge on any atom is -0.497 e. The highest BCUT2D eigenvalue weighted by Gasteiger charge is 2.34. The number of amides is 1. The van der Waals surface area contributed by atoms with Crippen molar-refractivity contribution in [2.45, 2.75) is 32.9 Å². The molecule has 1 amide bonds. The van der Waals surface area contributed by atoms with Crippen molar-refractivity contribution in [2.24, 2.45) is 5.92 Å². The Labute approximate surface area is 162 Å². The van der Waals surface area contributed by atoms with Crippen molar-refractivity contribution in [3.8, 4) is 5.75 Å². The molecule has 2 heterocycles. The number of pyridine rings is 1. The summed E-state index contributed by atoms with van der Waals surface area (Å²) in [4.78, 5) is 21.3. The molecule has 1 aromatic heterocycles. The molecular weight excluding hydrogens is 338 g/mol. The molecule has 5 nitrogen and oxygen atoms in total. The number of hydrogen-bond donors (Lipinski definition) is 0. The van der Waals surface area contributed by atoms with Gasteiger partial charge < -0.3 is 9.64 Å². The summed E-state index contributed by atoms with van der Waals surface area (Å²) in [5.41, 5.74) is 2.22. The van der Waals surface area contributed by atoms with Crippen molar-refractivity contribution in [2.75, 3.05) is 26.7 Å². The third-order valence-corrected chi connectivity index (χ3v) is 4.93. The van der Waals surface area contributed by atoms with Gasteiger partial charge in [0.05, 0.1) is 13.5 Å². The second-order valence-electron chi connectivity index (χ2n) is 7.67. The molecule has 0 unspecified atom stereocenters. The fourth-order valence-corrected chi connectivity index (χ4v) is 3.50.